The Balaban J connectivity index is 2.33. The Labute approximate surface area is 127 Å². The number of anilines is 2. The molecule has 0 bridgehead atoms. The predicted molar refractivity (Wildman–Crippen MR) is 83.0 cm³/mol. The van der Waals surface area contributed by atoms with Crippen molar-refractivity contribution in [2.45, 2.75) is 0 Å². The topological polar surface area (TPSA) is 45.2 Å². The molecule has 0 aliphatic rings. The standard InChI is InChI=1S/C14H13Cl2N3O/c1-19(2)13-4-3-9(15)7-12(13)18-14(20)10-8-17-6-5-11(10)16/h3-8H,1-2H3,(H,18,20). The molecule has 0 aliphatic carbocycles. The van der Waals surface area contributed by atoms with E-state index in [0.29, 0.717) is 21.3 Å². The van der Waals surface area contributed by atoms with E-state index in [2.05, 4.69) is 10.3 Å². The molecule has 1 aromatic carbocycles. The van der Waals surface area contributed by atoms with Crippen molar-refractivity contribution in [3.05, 3.63) is 52.3 Å². The zero-order chi connectivity index (χ0) is 14.7. The molecule has 0 aliphatic heterocycles. The zero-order valence-electron chi connectivity index (χ0n) is 11.0. The molecule has 104 valence electrons. The fourth-order valence-corrected chi connectivity index (χ4v) is 2.10. The molecule has 20 heavy (non-hydrogen) atoms. The largest absolute Gasteiger partial charge is 0.376 e. The average Bonchev–Trinajstić information content (AvgIpc) is 2.38. The second-order valence-corrected chi connectivity index (χ2v) is 5.21. The third-order valence-corrected chi connectivity index (χ3v) is 3.27. The van der Waals surface area contributed by atoms with Crippen molar-refractivity contribution >= 4 is 40.5 Å². The van der Waals surface area contributed by atoms with Crippen LogP contribution in [0.1, 0.15) is 10.4 Å². The lowest BCUT2D eigenvalue weighted by atomic mass is 10.2. The molecule has 0 radical (unpaired) electrons. The van der Waals surface area contributed by atoms with Crippen LogP contribution in [0.3, 0.4) is 0 Å². The zero-order valence-corrected chi connectivity index (χ0v) is 12.5. The molecule has 1 aromatic heterocycles. The summed E-state index contributed by atoms with van der Waals surface area (Å²) in [4.78, 5) is 18.0. The molecule has 6 heteroatoms. The number of hydrogen-bond donors (Lipinski definition) is 1. The molecule has 0 saturated heterocycles. The molecule has 1 N–H and O–H groups in total. The first-order valence-electron chi connectivity index (χ1n) is 5.87. The van der Waals surface area contributed by atoms with Crippen LogP contribution in [0.15, 0.2) is 36.7 Å². The molecular weight excluding hydrogens is 297 g/mol. The van der Waals surface area contributed by atoms with Gasteiger partial charge >= 0.3 is 0 Å². The van der Waals surface area contributed by atoms with Crippen LogP contribution in [0, 0.1) is 0 Å². The predicted octanol–water partition coefficient (Wildman–Crippen LogP) is 3.71. The van der Waals surface area contributed by atoms with E-state index in [1.165, 1.54) is 12.4 Å². The van der Waals surface area contributed by atoms with Gasteiger partial charge in [-0.2, -0.15) is 0 Å². The number of nitrogens with one attached hydrogen (secondary N) is 1. The van der Waals surface area contributed by atoms with E-state index >= 15 is 0 Å². The van der Waals surface area contributed by atoms with Gasteiger partial charge in [-0.1, -0.05) is 23.2 Å². The van der Waals surface area contributed by atoms with Gasteiger partial charge in [0.05, 0.1) is 22.0 Å². The summed E-state index contributed by atoms with van der Waals surface area (Å²) in [5.41, 5.74) is 1.79. The molecular formula is C14H13Cl2N3O. The minimum atomic E-state index is -0.325. The Morgan fingerprint density at radius 3 is 2.65 bits per heavy atom. The first-order chi connectivity index (χ1) is 9.49. The number of carbonyl (C=O) groups excluding carboxylic acids is 1. The number of amides is 1. The third-order valence-electron chi connectivity index (χ3n) is 2.70. The second-order valence-electron chi connectivity index (χ2n) is 4.37. The monoisotopic (exact) mass is 309 g/mol. The number of aromatic nitrogens is 1. The molecule has 2 rings (SSSR count). The maximum absolute atomic E-state index is 12.2. The molecule has 1 heterocycles. The van der Waals surface area contributed by atoms with Gasteiger partial charge in [0.1, 0.15) is 0 Å². The van der Waals surface area contributed by atoms with Gasteiger partial charge in [0, 0.05) is 31.5 Å². The summed E-state index contributed by atoms with van der Waals surface area (Å²) in [5.74, 6) is -0.325. The van der Waals surface area contributed by atoms with Gasteiger partial charge in [-0.15, -0.1) is 0 Å². The minimum absolute atomic E-state index is 0.318. The number of benzene rings is 1. The maximum Gasteiger partial charge on any atom is 0.258 e. The molecule has 0 saturated carbocycles. The van der Waals surface area contributed by atoms with Crippen LogP contribution >= 0.6 is 23.2 Å². The minimum Gasteiger partial charge on any atom is -0.376 e. The van der Waals surface area contributed by atoms with E-state index in [1.807, 2.05) is 25.1 Å². The van der Waals surface area contributed by atoms with Gasteiger partial charge in [-0.25, -0.2) is 0 Å². The molecule has 0 atom stereocenters. The summed E-state index contributed by atoms with van der Waals surface area (Å²) in [6.07, 6.45) is 2.96. The number of rotatable bonds is 3. The Morgan fingerprint density at radius 2 is 2.00 bits per heavy atom. The number of carbonyl (C=O) groups is 1. The summed E-state index contributed by atoms with van der Waals surface area (Å²) in [7, 11) is 3.77. The van der Waals surface area contributed by atoms with Crippen LogP contribution in [0.5, 0.6) is 0 Å². The molecule has 1 amide bonds. The van der Waals surface area contributed by atoms with Crippen molar-refractivity contribution in [2.24, 2.45) is 0 Å². The SMILES string of the molecule is CN(C)c1ccc(Cl)cc1NC(=O)c1cnccc1Cl. The Hall–Kier alpha value is -1.78. The third kappa shape index (κ3) is 3.21. The highest BCUT2D eigenvalue weighted by atomic mass is 35.5. The lowest BCUT2D eigenvalue weighted by Crippen LogP contribution is -2.17. The van der Waals surface area contributed by atoms with Gasteiger partial charge in [0.15, 0.2) is 0 Å². The molecule has 0 unspecified atom stereocenters. The summed E-state index contributed by atoms with van der Waals surface area (Å²) in [6.45, 7) is 0. The highest BCUT2D eigenvalue weighted by Gasteiger charge is 2.13. The highest BCUT2D eigenvalue weighted by Crippen LogP contribution is 2.28. The van der Waals surface area contributed by atoms with Crippen LogP contribution in [0.2, 0.25) is 10.0 Å². The van der Waals surface area contributed by atoms with Crippen LogP contribution < -0.4 is 10.2 Å². The van der Waals surface area contributed by atoms with E-state index < -0.39 is 0 Å². The average molecular weight is 310 g/mol. The Kier molecular flexibility index (Phi) is 4.47. The Morgan fingerprint density at radius 1 is 1.25 bits per heavy atom. The van der Waals surface area contributed by atoms with E-state index in [9.17, 15) is 4.79 Å². The van der Waals surface area contributed by atoms with Crippen molar-refractivity contribution in [1.82, 2.24) is 4.98 Å². The molecule has 4 nitrogen and oxygen atoms in total. The first kappa shape index (κ1) is 14.6. The van der Waals surface area contributed by atoms with Gasteiger partial charge in [0.25, 0.3) is 5.91 Å². The van der Waals surface area contributed by atoms with Crippen molar-refractivity contribution in [1.29, 1.82) is 0 Å². The Bertz CT molecular complexity index is 644. The number of halogens is 2. The smallest absolute Gasteiger partial charge is 0.258 e. The van der Waals surface area contributed by atoms with Crippen LogP contribution in [0.25, 0.3) is 0 Å². The highest BCUT2D eigenvalue weighted by molar-refractivity contribution is 6.34. The number of pyridine rings is 1. The van der Waals surface area contributed by atoms with E-state index in [0.717, 1.165) is 5.69 Å². The first-order valence-corrected chi connectivity index (χ1v) is 6.62. The van der Waals surface area contributed by atoms with Crippen LogP contribution in [0.4, 0.5) is 11.4 Å². The molecule has 2 aromatic rings. The summed E-state index contributed by atoms with van der Waals surface area (Å²) in [5, 5.41) is 3.70. The van der Waals surface area contributed by atoms with E-state index in [1.54, 1.807) is 18.2 Å². The van der Waals surface area contributed by atoms with Gasteiger partial charge in [-0.05, 0) is 24.3 Å². The van der Waals surface area contributed by atoms with Gasteiger partial charge in [0.2, 0.25) is 0 Å². The van der Waals surface area contributed by atoms with Gasteiger partial charge < -0.3 is 10.2 Å². The maximum atomic E-state index is 12.2. The quantitative estimate of drug-likeness (QED) is 0.940. The fourth-order valence-electron chi connectivity index (χ4n) is 1.73. The normalized spacial score (nSPS) is 10.2. The number of nitrogens with zero attached hydrogens (tertiary/aromatic N) is 2. The lowest BCUT2D eigenvalue weighted by Gasteiger charge is -2.18. The summed E-state index contributed by atoms with van der Waals surface area (Å²) < 4.78 is 0. The molecule has 0 spiro atoms. The van der Waals surface area contributed by atoms with Crippen LogP contribution in [-0.2, 0) is 0 Å². The summed E-state index contributed by atoms with van der Waals surface area (Å²) in [6, 6.07) is 6.87. The van der Waals surface area contributed by atoms with Crippen LogP contribution in [-0.4, -0.2) is 25.0 Å². The van der Waals surface area contributed by atoms with E-state index in [-0.39, 0.29) is 5.91 Å². The lowest BCUT2D eigenvalue weighted by molar-refractivity contribution is 0.102. The fraction of sp³-hybridized carbons (Fsp3) is 0.143. The summed E-state index contributed by atoms with van der Waals surface area (Å²) >= 11 is 12.0. The van der Waals surface area contributed by atoms with Crippen molar-refractivity contribution < 1.29 is 4.79 Å². The van der Waals surface area contributed by atoms with Crippen molar-refractivity contribution in [2.75, 3.05) is 24.3 Å². The second kappa shape index (κ2) is 6.11. The molecule has 0 fully saturated rings. The van der Waals surface area contributed by atoms with Crippen molar-refractivity contribution in [3.8, 4) is 0 Å². The van der Waals surface area contributed by atoms with Gasteiger partial charge in [-0.3, -0.25) is 9.78 Å². The van der Waals surface area contributed by atoms with E-state index in [4.69, 9.17) is 23.2 Å². The van der Waals surface area contributed by atoms with Crippen molar-refractivity contribution in [3.63, 3.8) is 0 Å². The number of hydrogen-bond acceptors (Lipinski definition) is 3.